The number of nitrogens with two attached hydrogens (primary N) is 1. The number of nitrogens with zero attached hydrogens (tertiary/aromatic N) is 1. The molecule has 178 valence electrons. The standard InChI is InChI=1S/C28H31FN2O3/c1-31-17-16-25(26(31)18-23(32)19-34-24-14-12-22(29)13-15-24)28(27(30)33,20-8-4-2-5-9-20)21-10-6-3-7-11-21/h2-15,23,25-26,32H,16-19H2,1H3,(H2,30,33)/t23-,25+,26-/m0/s1. The van der Waals surface area contributed by atoms with Crippen molar-refractivity contribution >= 4 is 5.91 Å². The van der Waals surface area contributed by atoms with Gasteiger partial charge in [0.1, 0.15) is 23.6 Å². The highest BCUT2D eigenvalue weighted by Crippen LogP contribution is 2.47. The zero-order valence-electron chi connectivity index (χ0n) is 19.3. The number of aliphatic hydroxyl groups is 1. The monoisotopic (exact) mass is 462 g/mol. The van der Waals surface area contributed by atoms with Crippen LogP contribution in [0.15, 0.2) is 84.9 Å². The summed E-state index contributed by atoms with van der Waals surface area (Å²) in [5.74, 6) is -0.378. The van der Waals surface area contributed by atoms with E-state index in [1.807, 2.05) is 67.7 Å². The van der Waals surface area contributed by atoms with Crippen LogP contribution in [0.5, 0.6) is 5.75 Å². The van der Waals surface area contributed by atoms with Crippen LogP contribution in [0.1, 0.15) is 24.0 Å². The van der Waals surface area contributed by atoms with Crippen molar-refractivity contribution in [3.05, 3.63) is 102 Å². The molecule has 0 unspecified atom stereocenters. The summed E-state index contributed by atoms with van der Waals surface area (Å²) in [6.45, 7) is 0.860. The molecule has 34 heavy (non-hydrogen) atoms. The summed E-state index contributed by atoms with van der Waals surface area (Å²) < 4.78 is 18.8. The fourth-order valence-electron chi connectivity index (χ4n) is 5.39. The molecule has 1 fully saturated rings. The molecular formula is C28H31FN2O3. The predicted octanol–water partition coefficient (Wildman–Crippen LogP) is 3.75. The van der Waals surface area contributed by atoms with Crippen molar-refractivity contribution in [3.63, 3.8) is 0 Å². The molecule has 0 spiro atoms. The van der Waals surface area contributed by atoms with Crippen LogP contribution >= 0.6 is 0 Å². The summed E-state index contributed by atoms with van der Waals surface area (Å²) in [6, 6.07) is 25.0. The molecule has 0 radical (unpaired) electrons. The molecule has 4 rings (SSSR count). The smallest absolute Gasteiger partial charge is 0.232 e. The first-order valence-corrected chi connectivity index (χ1v) is 11.6. The van der Waals surface area contributed by atoms with E-state index >= 15 is 0 Å². The Kier molecular flexibility index (Phi) is 7.29. The molecule has 1 saturated heterocycles. The molecule has 5 nitrogen and oxygen atoms in total. The number of hydrogen-bond acceptors (Lipinski definition) is 4. The van der Waals surface area contributed by atoms with Gasteiger partial charge in [-0.05, 0) is 67.7 Å². The van der Waals surface area contributed by atoms with E-state index in [9.17, 15) is 14.3 Å². The van der Waals surface area contributed by atoms with Gasteiger partial charge in [0.05, 0.1) is 6.10 Å². The summed E-state index contributed by atoms with van der Waals surface area (Å²) >= 11 is 0. The highest BCUT2D eigenvalue weighted by Gasteiger charge is 2.53. The maximum absolute atomic E-state index is 13.4. The number of ether oxygens (including phenoxy) is 1. The fourth-order valence-corrected chi connectivity index (χ4v) is 5.39. The number of likely N-dealkylation sites (tertiary alicyclic amines) is 1. The first-order chi connectivity index (χ1) is 16.4. The van der Waals surface area contributed by atoms with Gasteiger partial charge < -0.3 is 20.5 Å². The fraction of sp³-hybridized carbons (Fsp3) is 0.321. The molecule has 3 aromatic carbocycles. The number of carbonyl (C=O) groups is 1. The van der Waals surface area contributed by atoms with E-state index in [0.717, 1.165) is 24.1 Å². The minimum atomic E-state index is -1.03. The van der Waals surface area contributed by atoms with E-state index in [1.165, 1.54) is 24.3 Å². The van der Waals surface area contributed by atoms with Crippen LogP contribution in [0.25, 0.3) is 0 Å². The molecule has 0 aliphatic carbocycles. The van der Waals surface area contributed by atoms with Gasteiger partial charge in [0.15, 0.2) is 0 Å². The summed E-state index contributed by atoms with van der Waals surface area (Å²) in [5.41, 5.74) is 6.91. The highest BCUT2D eigenvalue weighted by molar-refractivity contribution is 5.91. The van der Waals surface area contributed by atoms with Crippen LogP contribution in [-0.4, -0.2) is 48.3 Å². The summed E-state index contributed by atoms with van der Waals surface area (Å²) in [4.78, 5) is 15.6. The average Bonchev–Trinajstić information content (AvgIpc) is 3.20. The van der Waals surface area contributed by atoms with Gasteiger partial charge in [-0.1, -0.05) is 60.7 Å². The van der Waals surface area contributed by atoms with Gasteiger partial charge in [-0.2, -0.15) is 0 Å². The Labute approximate surface area is 200 Å². The zero-order valence-corrected chi connectivity index (χ0v) is 19.3. The first-order valence-electron chi connectivity index (χ1n) is 11.6. The third-order valence-corrected chi connectivity index (χ3v) is 7.00. The molecule has 1 aliphatic heterocycles. The second-order valence-electron chi connectivity index (χ2n) is 9.00. The summed E-state index contributed by atoms with van der Waals surface area (Å²) in [7, 11) is 2.01. The van der Waals surface area contributed by atoms with Gasteiger partial charge in [-0.3, -0.25) is 4.79 Å². The Hall–Kier alpha value is -3.22. The molecule has 6 heteroatoms. The second kappa shape index (κ2) is 10.4. The maximum atomic E-state index is 13.4. The van der Waals surface area contributed by atoms with Crippen molar-refractivity contribution in [2.75, 3.05) is 20.2 Å². The van der Waals surface area contributed by atoms with E-state index in [-0.39, 0.29) is 24.4 Å². The largest absolute Gasteiger partial charge is 0.491 e. The number of primary amides is 1. The van der Waals surface area contributed by atoms with E-state index in [0.29, 0.717) is 12.2 Å². The molecule has 1 heterocycles. The van der Waals surface area contributed by atoms with Gasteiger partial charge >= 0.3 is 0 Å². The lowest BCUT2D eigenvalue weighted by molar-refractivity contribution is -0.124. The number of rotatable bonds is 9. The van der Waals surface area contributed by atoms with Crippen LogP contribution in [0.3, 0.4) is 0 Å². The SMILES string of the molecule is CN1CC[C@@H](C(C(N)=O)(c2ccccc2)c2ccccc2)[C@@H]1C[C@H](O)COc1ccc(F)cc1. The van der Waals surface area contributed by atoms with Crippen molar-refractivity contribution in [1.29, 1.82) is 0 Å². The van der Waals surface area contributed by atoms with Crippen molar-refractivity contribution in [3.8, 4) is 5.75 Å². The van der Waals surface area contributed by atoms with E-state index < -0.39 is 17.4 Å². The van der Waals surface area contributed by atoms with Gasteiger partial charge in [0.25, 0.3) is 0 Å². The second-order valence-corrected chi connectivity index (χ2v) is 9.00. The molecule has 0 saturated carbocycles. The van der Waals surface area contributed by atoms with Crippen molar-refractivity contribution in [2.45, 2.75) is 30.4 Å². The lowest BCUT2D eigenvalue weighted by Gasteiger charge is -2.41. The zero-order chi connectivity index (χ0) is 24.1. The topological polar surface area (TPSA) is 75.8 Å². The Morgan fingerprint density at radius 1 is 1.06 bits per heavy atom. The van der Waals surface area contributed by atoms with Crippen molar-refractivity contribution in [1.82, 2.24) is 4.90 Å². The van der Waals surface area contributed by atoms with Crippen LogP contribution in [0, 0.1) is 11.7 Å². The molecular weight excluding hydrogens is 431 g/mol. The quantitative estimate of drug-likeness (QED) is 0.508. The van der Waals surface area contributed by atoms with Gasteiger partial charge in [0.2, 0.25) is 5.91 Å². The van der Waals surface area contributed by atoms with Crippen molar-refractivity contribution < 1.29 is 19.0 Å². The molecule has 3 atom stereocenters. The minimum absolute atomic E-state index is 0.0724. The summed E-state index contributed by atoms with van der Waals surface area (Å²) in [5, 5.41) is 10.9. The normalized spacial score (nSPS) is 19.6. The van der Waals surface area contributed by atoms with Gasteiger partial charge in [-0.25, -0.2) is 4.39 Å². The molecule has 0 bridgehead atoms. The van der Waals surface area contributed by atoms with Crippen LogP contribution in [0.4, 0.5) is 4.39 Å². The Morgan fingerprint density at radius 3 is 2.15 bits per heavy atom. The summed E-state index contributed by atoms with van der Waals surface area (Å²) in [6.07, 6.45) is 0.409. The average molecular weight is 463 g/mol. The molecule has 3 N–H and O–H groups in total. The van der Waals surface area contributed by atoms with E-state index in [4.69, 9.17) is 10.5 Å². The van der Waals surface area contributed by atoms with Crippen LogP contribution < -0.4 is 10.5 Å². The van der Waals surface area contributed by atoms with Gasteiger partial charge in [0, 0.05) is 6.04 Å². The van der Waals surface area contributed by atoms with Crippen LogP contribution in [-0.2, 0) is 10.2 Å². The van der Waals surface area contributed by atoms with E-state index in [2.05, 4.69) is 4.90 Å². The minimum Gasteiger partial charge on any atom is -0.491 e. The number of halogens is 1. The number of benzene rings is 3. The number of amides is 1. The Balaban J connectivity index is 1.64. The third-order valence-electron chi connectivity index (χ3n) is 7.00. The number of carbonyl (C=O) groups excluding carboxylic acids is 1. The molecule has 0 aromatic heterocycles. The highest BCUT2D eigenvalue weighted by atomic mass is 19.1. The molecule has 1 amide bonds. The Bertz CT molecular complexity index is 1040. The molecule has 1 aliphatic rings. The number of hydrogen-bond donors (Lipinski definition) is 2. The maximum Gasteiger partial charge on any atom is 0.232 e. The number of aliphatic hydroxyl groups excluding tert-OH is 1. The Morgan fingerprint density at radius 2 is 1.62 bits per heavy atom. The first kappa shape index (κ1) is 23.9. The predicted molar refractivity (Wildman–Crippen MR) is 130 cm³/mol. The van der Waals surface area contributed by atoms with E-state index in [1.54, 1.807) is 0 Å². The molecule has 3 aromatic rings. The van der Waals surface area contributed by atoms with Gasteiger partial charge in [-0.15, -0.1) is 0 Å². The van der Waals surface area contributed by atoms with Crippen LogP contribution in [0.2, 0.25) is 0 Å². The van der Waals surface area contributed by atoms with Crippen molar-refractivity contribution in [2.24, 2.45) is 11.7 Å². The lowest BCUT2D eigenvalue weighted by atomic mass is 9.62. The third kappa shape index (κ3) is 4.69. The lowest BCUT2D eigenvalue weighted by Crippen LogP contribution is -2.52.